The number of rotatable bonds is 9. The normalized spacial score (nSPS) is 10.4. The van der Waals surface area contributed by atoms with Crippen molar-refractivity contribution in [2.75, 3.05) is 6.61 Å². The lowest BCUT2D eigenvalue weighted by atomic mass is 10.2. The maximum atomic E-state index is 12.2. The fraction of sp³-hybridized carbons (Fsp3) is 0.333. The van der Waals surface area contributed by atoms with Crippen LogP contribution in [0.2, 0.25) is 10.0 Å². The third-order valence-electron chi connectivity index (χ3n) is 4.10. The summed E-state index contributed by atoms with van der Waals surface area (Å²) >= 11 is 11.8. The summed E-state index contributed by atoms with van der Waals surface area (Å²) in [5, 5.41) is 0.629. The van der Waals surface area contributed by atoms with Crippen LogP contribution >= 0.6 is 23.2 Å². The number of hydrogen-bond acceptors (Lipinski definition) is 3. The van der Waals surface area contributed by atoms with Crippen LogP contribution in [-0.4, -0.2) is 18.4 Å². The molecule has 0 atom stereocenters. The Morgan fingerprint density at radius 1 is 0.893 bits per heavy atom. The standard InChI is InChI=1S/C21H24Cl2N2O3/c1-2-3-4-5-6-13-28-17-10-7-15(8-11-17)20(26)24-25-21(27)18-12-9-16(22)14-19(18)23/h7-12,14H,2-6,13H2,1H3,(H,24,26)(H,25,27). The average Bonchev–Trinajstić information content (AvgIpc) is 2.69. The molecule has 0 aliphatic carbocycles. The Morgan fingerprint density at radius 3 is 2.25 bits per heavy atom. The lowest BCUT2D eigenvalue weighted by Crippen LogP contribution is -2.41. The molecule has 7 heteroatoms. The van der Waals surface area contributed by atoms with Gasteiger partial charge in [0.1, 0.15) is 5.75 Å². The number of ether oxygens (including phenoxy) is 1. The van der Waals surface area contributed by atoms with Gasteiger partial charge >= 0.3 is 0 Å². The highest BCUT2D eigenvalue weighted by Gasteiger charge is 2.12. The number of hydrazine groups is 1. The van der Waals surface area contributed by atoms with E-state index in [0.717, 1.165) is 12.8 Å². The lowest BCUT2D eigenvalue weighted by molar-refractivity contribution is 0.0846. The molecule has 0 aromatic heterocycles. The molecule has 28 heavy (non-hydrogen) atoms. The molecule has 0 saturated heterocycles. The summed E-state index contributed by atoms with van der Waals surface area (Å²) in [7, 11) is 0. The van der Waals surface area contributed by atoms with E-state index in [1.54, 1.807) is 30.3 Å². The molecule has 2 aromatic carbocycles. The van der Waals surface area contributed by atoms with Gasteiger partial charge in [0.2, 0.25) is 0 Å². The van der Waals surface area contributed by atoms with Gasteiger partial charge in [-0.25, -0.2) is 0 Å². The van der Waals surface area contributed by atoms with Crippen LogP contribution in [0.1, 0.15) is 59.7 Å². The van der Waals surface area contributed by atoms with Crippen molar-refractivity contribution >= 4 is 35.0 Å². The third kappa shape index (κ3) is 7.06. The number of carbonyl (C=O) groups excluding carboxylic acids is 2. The molecule has 150 valence electrons. The molecule has 2 rings (SSSR count). The number of hydrogen-bond donors (Lipinski definition) is 2. The van der Waals surface area contributed by atoms with Crippen molar-refractivity contribution in [1.29, 1.82) is 0 Å². The molecule has 0 saturated carbocycles. The second kappa shape index (κ2) is 11.6. The van der Waals surface area contributed by atoms with Gasteiger partial charge in [0.15, 0.2) is 0 Å². The number of carbonyl (C=O) groups is 2. The largest absolute Gasteiger partial charge is 0.494 e. The summed E-state index contributed by atoms with van der Waals surface area (Å²) in [6, 6.07) is 11.2. The first-order chi connectivity index (χ1) is 13.5. The van der Waals surface area contributed by atoms with Crippen LogP contribution in [0.3, 0.4) is 0 Å². The maximum absolute atomic E-state index is 12.2. The molecular weight excluding hydrogens is 399 g/mol. The predicted molar refractivity (Wildman–Crippen MR) is 112 cm³/mol. The van der Waals surface area contributed by atoms with Crippen molar-refractivity contribution in [2.24, 2.45) is 0 Å². The van der Waals surface area contributed by atoms with E-state index in [-0.39, 0.29) is 10.6 Å². The van der Waals surface area contributed by atoms with Crippen molar-refractivity contribution in [3.05, 3.63) is 63.6 Å². The minimum absolute atomic E-state index is 0.204. The van der Waals surface area contributed by atoms with E-state index >= 15 is 0 Å². The highest BCUT2D eigenvalue weighted by Crippen LogP contribution is 2.20. The molecule has 2 aromatic rings. The molecule has 0 radical (unpaired) electrons. The van der Waals surface area contributed by atoms with E-state index in [4.69, 9.17) is 27.9 Å². The average molecular weight is 423 g/mol. The lowest BCUT2D eigenvalue weighted by Gasteiger charge is -2.10. The highest BCUT2D eigenvalue weighted by atomic mass is 35.5. The number of benzene rings is 2. The zero-order chi connectivity index (χ0) is 20.4. The molecule has 0 bridgehead atoms. The molecule has 0 fully saturated rings. The van der Waals surface area contributed by atoms with Crippen LogP contribution in [0.15, 0.2) is 42.5 Å². The van der Waals surface area contributed by atoms with Crippen molar-refractivity contribution < 1.29 is 14.3 Å². The second-order valence-corrected chi connectivity index (χ2v) is 7.16. The first-order valence-electron chi connectivity index (χ1n) is 9.30. The summed E-state index contributed by atoms with van der Waals surface area (Å²) < 4.78 is 5.67. The minimum atomic E-state index is -0.530. The molecule has 0 aliphatic heterocycles. The van der Waals surface area contributed by atoms with E-state index in [9.17, 15) is 9.59 Å². The molecule has 0 unspecified atom stereocenters. The summed E-state index contributed by atoms with van der Waals surface area (Å²) in [6.07, 6.45) is 5.88. The van der Waals surface area contributed by atoms with E-state index in [1.165, 1.54) is 31.4 Å². The van der Waals surface area contributed by atoms with Gasteiger partial charge in [0, 0.05) is 10.6 Å². The third-order valence-corrected chi connectivity index (χ3v) is 4.65. The first kappa shape index (κ1) is 22.1. The van der Waals surface area contributed by atoms with Gasteiger partial charge in [0.05, 0.1) is 17.2 Å². The molecule has 2 amide bonds. The van der Waals surface area contributed by atoms with Gasteiger partial charge in [-0.3, -0.25) is 20.4 Å². The fourth-order valence-electron chi connectivity index (χ4n) is 2.52. The smallest absolute Gasteiger partial charge is 0.271 e. The molecule has 2 N–H and O–H groups in total. The van der Waals surface area contributed by atoms with Gasteiger partial charge in [0.25, 0.3) is 11.8 Å². The molecular formula is C21H24Cl2N2O3. The Morgan fingerprint density at radius 2 is 1.57 bits per heavy atom. The van der Waals surface area contributed by atoms with Crippen LogP contribution in [0, 0.1) is 0 Å². The van der Waals surface area contributed by atoms with E-state index in [0.29, 0.717) is 22.9 Å². The number of amides is 2. The zero-order valence-corrected chi connectivity index (χ0v) is 17.3. The quantitative estimate of drug-likeness (QED) is 0.418. The Balaban J connectivity index is 1.78. The highest BCUT2D eigenvalue weighted by molar-refractivity contribution is 6.36. The van der Waals surface area contributed by atoms with E-state index in [1.807, 2.05) is 0 Å². The van der Waals surface area contributed by atoms with Crippen LogP contribution in [0.25, 0.3) is 0 Å². The Labute approximate surface area is 175 Å². The summed E-state index contributed by atoms with van der Waals surface area (Å²) in [5.74, 6) is -0.258. The van der Waals surface area contributed by atoms with Crippen LogP contribution in [0.4, 0.5) is 0 Å². The van der Waals surface area contributed by atoms with Crippen LogP contribution < -0.4 is 15.6 Å². The Kier molecular flexibility index (Phi) is 9.11. The van der Waals surface area contributed by atoms with Gasteiger partial charge < -0.3 is 4.74 Å². The number of unbranched alkanes of at least 4 members (excludes halogenated alkanes) is 4. The number of nitrogens with one attached hydrogen (secondary N) is 2. The summed E-state index contributed by atoms with van der Waals surface area (Å²) in [5.41, 5.74) is 5.31. The van der Waals surface area contributed by atoms with Crippen molar-refractivity contribution in [2.45, 2.75) is 39.0 Å². The van der Waals surface area contributed by atoms with E-state index < -0.39 is 11.8 Å². The van der Waals surface area contributed by atoms with Crippen molar-refractivity contribution in [3.8, 4) is 5.75 Å². The zero-order valence-electron chi connectivity index (χ0n) is 15.8. The van der Waals surface area contributed by atoms with Gasteiger partial charge in [-0.15, -0.1) is 0 Å². The summed E-state index contributed by atoms with van der Waals surface area (Å²) in [6.45, 7) is 2.85. The number of halogens is 2. The van der Waals surface area contributed by atoms with Gasteiger partial charge in [-0.1, -0.05) is 55.8 Å². The first-order valence-corrected chi connectivity index (χ1v) is 10.1. The fourth-order valence-corrected chi connectivity index (χ4v) is 3.02. The van der Waals surface area contributed by atoms with E-state index in [2.05, 4.69) is 17.8 Å². The van der Waals surface area contributed by atoms with Crippen LogP contribution in [0.5, 0.6) is 5.75 Å². The Bertz CT molecular complexity index is 795. The van der Waals surface area contributed by atoms with Gasteiger partial charge in [-0.2, -0.15) is 0 Å². The maximum Gasteiger partial charge on any atom is 0.271 e. The van der Waals surface area contributed by atoms with Crippen molar-refractivity contribution in [1.82, 2.24) is 10.9 Å². The van der Waals surface area contributed by atoms with Crippen LogP contribution in [-0.2, 0) is 0 Å². The molecule has 0 heterocycles. The monoisotopic (exact) mass is 422 g/mol. The summed E-state index contributed by atoms with van der Waals surface area (Å²) in [4.78, 5) is 24.3. The molecule has 5 nitrogen and oxygen atoms in total. The SMILES string of the molecule is CCCCCCCOc1ccc(C(=O)NNC(=O)c2ccc(Cl)cc2Cl)cc1. The Hall–Kier alpha value is -2.24. The van der Waals surface area contributed by atoms with Gasteiger partial charge in [-0.05, 0) is 48.9 Å². The molecule has 0 aliphatic rings. The topological polar surface area (TPSA) is 67.4 Å². The minimum Gasteiger partial charge on any atom is -0.494 e. The molecule has 0 spiro atoms. The predicted octanol–water partition coefficient (Wildman–Crippen LogP) is 5.42. The second-order valence-electron chi connectivity index (χ2n) is 6.32. The van der Waals surface area contributed by atoms with Crippen molar-refractivity contribution in [3.63, 3.8) is 0 Å².